The Morgan fingerprint density at radius 2 is 1.83 bits per heavy atom. The Morgan fingerprint density at radius 1 is 1.33 bits per heavy atom. The predicted octanol–water partition coefficient (Wildman–Crippen LogP) is 0.418. The summed E-state index contributed by atoms with van der Waals surface area (Å²) in [5.41, 5.74) is 0. The molecule has 1 atom stereocenters. The molecule has 0 spiro atoms. The molecule has 2 nitrogen and oxygen atoms in total. The monoisotopic (exact) mass is 200 g/mol. The van der Waals surface area contributed by atoms with Crippen LogP contribution >= 0.6 is 7.37 Å². The van der Waals surface area contributed by atoms with E-state index in [0.717, 1.165) is 0 Å². The van der Waals surface area contributed by atoms with Crippen LogP contribution in [0.15, 0.2) is 30.3 Å². The van der Waals surface area contributed by atoms with Gasteiger partial charge in [-0.15, -0.1) is 0 Å². The minimum absolute atomic E-state index is 0. The maximum Gasteiger partial charge on any atom is 0.229 e. The minimum atomic E-state index is -3.03. The minimum Gasteiger partial charge on any atom is -0.341 e. The second-order valence-electron chi connectivity index (χ2n) is 2.35. The molecule has 12 heavy (non-hydrogen) atoms. The SMILES string of the molecule is CCP(=O)(O)c1ccccc1.[AlH3]. The van der Waals surface area contributed by atoms with E-state index in [4.69, 9.17) is 0 Å². The molecule has 0 heterocycles. The predicted molar refractivity (Wildman–Crippen MR) is 56.4 cm³/mol. The lowest BCUT2D eigenvalue weighted by Gasteiger charge is -2.07. The van der Waals surface area contributed by atoms with Gasteiger partial charge in [-0.3, -0.25) is 4.57 Å². The van der Waals surface area contributed by atoms with E-state index < -0.39 is 7.37 Å². The van der Waals surface area contributed by atoms with Crippen molar-refractivity contribution < 1.29 is 9.46 Å². The fourth-order valence-electron chi connectivity index (χ4n) is 0.844. The molecule has 0 saturated carbocycles. The average molecular weight is 200 g/mol. The molecule has 4 heteroatoms. The third-order valence-corrected chi connectivity index (χ3v) is 3.55. The smallest absolute Gasteiger partial charge is 0.229 e. The van der Waals surface area contributed by atoms with Gasteiger partial charge in [0.15, 0.2) is 17.4 Å². The van der Waals surface area contributed by atoms with Crippen molar-refractivity contribution in [2.75, 3.05) is 6.16 Å². The molecule has 0 fully saturated rings. The topological polar surface area (TPSA) is 37.3 Å². The quantitative estimate of drug-likeness (QED) is 0.555. The van der Waals surface area contributed by atoms with Gasteiger partial charge in [0.05, 0.1) is 0 Å². The number of benzene rings is 1. The highest BCUT2D eigenvalue weighted by Crippen LogP contribution is 2.37. The van der Waals surface area contributed by atoms with Crippen LogP contribution in [0.1, 0.15) is 6.92 Å². The zero-order valence-electron chi connectivity index (χ0n) is 6.40. The molecule has 1 aromatic rings. The molecule has 0 aliphatic carbocycles. The third kappa shape index (κ3) is 2.77. The van der Waals surface area contributed by atoms with Crippen molar-refractivity contribution in [3.63, 3.8) is 0 Å². The summed E-state index contributed by atoms with van der Waals surface area (Å²) in [6.07, 6.45) is 0.303. The number of rotatable bonds is 2. The van der Waals surface area contributed by atoms with Crippen molar-refractivity contribution in [1.29, 1.82) is 0 Å². The molecule has 1 unspecified atom stereocenters. The highest BCUT2D eigenvalue weighted by molar-refractivity contribution is 7.66. The van der Waals surface area contributed by atoms with Crippen LogP contribution in [-0.4, -0.2) is 28.4 Å². The lowest BCUT2D eigenvalue weighted by molar-refractivity contribution is 0.491. The summed E-state index contributed by atoms with van der Waals surface area (Å²) in [5, 5.41) is 0.544. The molecule has 0 aliphatic heterocycles. The van der Waals surface area contributed by atoms with E-state index in [9.17, 15) is 9.46 Å². The number of hydrogen-bond acceptors (Lipinski definition) is 1. The van der Waals surface area contributed by atoms with Crippen LogP contribution in [-0.2, 0) is 4.57 Å². The fraction of sp³-hybridized carbons (Fsp3) is 0.250. The summed E-state index contributed by atoms with van der Waals surface area (Å²) in [5.74, 6) is 0. The van der Waals surface area contributed by atoms with Gasteiger partial charge in [-0.25, -0.2) is 0 Å². The van der Waals surface area contributed by atoms with E-state index in [1.165, 1.54) is 0 Å². The highest BCUT2D eigenvalue weighted by atomic mass is 31.2. The average Bonchev–Trinajstić information content (AvgIpc) is 2.06. The Bertz CT molecular complexity index is 274. The molecular formula is C8H14AlO2P. The molecule has 0 aliphatic rings. The maximum absolute atomic E-state index is 11.3. The van der Waals surface area contributed by atoms with Crippen LogP contribution in [0.3, 0.4) is 0 Å². The Morgan fingerprint density at radius 3 is 2.25 bits per heavy atom. The van der Waals surface area contributed by atoms with Crippen LogP contribution in [0.4, 0.5) is 0 Å². The standard InChI is InChI=1S/C8H11O2P.Al.3H/c1-2-11(9,10)8-6-4-3-5-7-8;;;;/h3-7H,2H2,1H3,(H,9,10);;;;. The van der Waals surface area contributed by atoms with Crippen molar-refractivity contribution >= 4 is 30.0 Å². The zero-order chi connectivity index (χ0) is 8.32. The summed E-state index contributed by atoms with van der Waals surface area (Å²) in [4.78, 5) is 9.35. The van der Waals surface area contributed by atoms with E-state index in [0.29, 0.717) is 11.5 Å². The Labute approximate surface area is 83.2 Å². The van der Waals surface area contributed by atoms with Gasteiger partial charge in [0.1, 0.15) is 0 Å². The van der Waals surface area contributed by atoms with Gasteiger partial charge in [-0.2, -0.15) is 0 Å². The first-order valence-electron chi connectivity index (χ1n) is 3.54. The van der Waals surface area contributed by atoms with E-state index in [1.54, 1.807) is 31.2 Å². The van der Waals surface area contributed by atoms with Crippen molar-refractivity contribution in [3.8, 4) is 0 Å². The van der Waals surface area contributed by atoms with Crippen molar-refractivity contribution in [1.82, 2.24) is 0 Å². The first-order valence-corrected chi connectivity index (χ1v) is 5.39. The molecule has 0 amide bonds. The summed E-state index contributed by atoms with van der Waals surface area (Å²) in [6.45, 7) is 1.72. The zero-order valence-corrected chi connectivity index (χ0v) is 7.29. The summed E-state index contributed by atoms with van der Waals surface area (Å²) in [7, 11) is -3.03. The van der Waals surface area contributed by atoms with Gasteiger partial charge in [0.25, 0.3) is 0 Å². The van der Waals surface area contributed by atoms with Crippen LogP contribution in [0.2, 0.25) is 0 Å². The van der Waals surface area contributed by atoms with Crippen molar-refractivity contribution in [2.45, 2.75) is 6.92 Å². The summed E-state index contributed by atoms with van der Waals surface area (Å²) >= 11 is 0. The molecule has 0 saturated heterocycles. The van der Waals surface area contributed by atoms with E-state index in [-0.39, 0.29) is 17.4 Å². The van der Waals surface area contributed by atoms with E-state index >= 15 is 0 Å². The first kappa shape index (κ1) is 11.9. The van der Waals surface area contributed by atoms with Crippen LogP contribution in [0, 0.1) is 0 Å². The largest absolute Gasteiger partial charge is 0.341 e. The molecule has 0 bridgehead atoms. The van der Waals surface area contributed by atoms with Gasteiger partial charge in [0.2, 0.25) is 7.37 Å². The van der Waals surface area contributed by atoms with Crippen LogP contribution in [0.25, 0.3) is 0 Å². The van der Waals surface area contributed by atoms with Crippen molar-refractivity contribution in [2.24, 2.45) is 0 Å². The van der Waals surface area contributed by atoms with Gasteiger partial charge in [0, 0.05) is 11.5 Å². The van der Waals surface area contributed by atoms with E-state index in [2.05, 4.69) is 0 Å². The van der Waals surface area contributed by atoms with Gasteiger partial charge in [-0.05, 0) is 12.1 Å². The highest BCUT2D eigenvalue weighted by Gasteiger charge is 2.16. The van der Waals surface area contributed by atoms with Gasteiger partial charge >= 0.3 is 0 Å². The Balaban J connectivity index is 0.00000121. The molecule has 0 radical (unpaired) electrons. The normalized spacial score (nSPS) is 14.5. The van der Waals surface area contributed by atoms with Gasteiger partial charge < -0.3 is 4.89 Å². The molecule has 1 aromatic carbocycles. The summed E-state index contributed by atoms with van der Waals surface area (Å²) < 4.78 is 11.3. The molecule has 0 aromatic heterocycles. The second kappa shape index (κ2) is 4.84. The molecule has 66 valence electrons. The maximum atomic E-state index is 11.3. The van der Waals surface area contributed by atoms with Gasteiger partial charge in [-0.1, -0.05) is 25.1 Å². The third-order valence-electron chi connectivity index (χ3n) is 1.59. The molecular weight excluding hydrogens is 186 g/mol. The van der Waals surface area contributed by atoms with E-state index in [1.807, 2.05) is 6.07 Å². The Hall–Kier alpha value is -0.0575. The Kier molecular flexibility index (Phi) is 4.82. The summed E-state index contributed by atoms with van der Waals surface area (Å²) in [6, 6.07) is 8.75. The first-order chi connectivity index (χ1) is 5.17. The molecule has 1 N–H and O–H groups in total. The fourth-order valence-corrected chi connectivity index (χ4v) is 1.85. The lowest BCUT2D eigenvalue weighted by atomic mass is 10.4. The van der Waals surface area contributed by atoms with Crippen molar-refractivity contribution in [3.05, 3.63) is 30.3 Å². The van der Waals surface area contributed by atoms with Crippen LogP contribution < -0.4 is 5.30 Å². The lowest BCUT2D eigenvalue weighted by Crippen LogP contribution is -2.04. The van der Waals surface area contributed by atoms with Crippen LogP contribution in [0.5, 0.6) is 0 Å². The second-order valence-corrected chi connectivity index (χ2v) is 4.91. The molecule has 1 rings (SSSR count). The number of hydrogen-bond donors (Lipinski definition) is 1.